The number of amides is 2. The molecule has 4 rings (SSSR count). The quantitative estimate of drug-likeness (QED) is 0.528. The topological polar surface area (TPSA) is 75.2 Å². The van der Waals surface area contributed by atoms with Crippen LogP contribution in [0, 0.1) is 5.82 Å². The molecule has 1 N–H and O–H groups in total. The van der Waals surface area contributed by atoms with E-state index in [1.807, 2.05) is 30.3 Å². The molecule has 1 fully saturated rings. The third-order valence-electron chi connectivity index (χ3n) is 6.02. The standard InChI is InChI=1S/C25H27FN4O2S/c26-20-13-11-19(12-14-20)23(24(31)28-21-9-5-2-6-10-21)30(25(32)22-17-27-33-29-22)16-15-18-7-3-1-4-8-18/h1,3-4,7-8,11-14,17,21,23H,2,5-6,9-10,15-16H2,(H,28,31)/t23-/m0/s1. The number of halogens is 1. The zero-order valence-electron chi connectivity index (χ0n) is 18.3. The van der Waals surface area contributed by atoms with Crippen LogP contribution in [0.25, 0.3) is 0 Å². The predicted octanol–water partition coefficient (Wildman–Crippen LogP) is 4.55. The summed E-state index contributed by atoms with van der Waals surface area (Å²) in [6.45, 7) is 0.306. The normalized spacial score (nSPS) is 15.1. The van der Waals surface area contributed by atoms with Crippen molar-refractivity contribution in [2.75, 3.05) is 6.54 Å². The van der Waals surface area contributed by atoms with Gasteiger partial charge in [-0.1, -0.05) is 61.7 Å². The monoisotopic (exact) mass is 466 g/mol. The van der Waals surface area contributed by atoms with Crippen LogP contribution in [0.3, 0.4) is 0 Å². The fourth-order valence-corrected chi connectivity index (χ4v) is 4.70. The Kier molecular flexibility index (Phi) is 7.78. The number of aromatic nitrogens is 2. The number of nitrogens with one attached hydrogen (secondary N) is 1. The molecule has 1 aromatic heterocycles. The number of nitrogens with zero attached hydrogens (tertiary/aromatic N) is 3. The first kappa shape index (κ1) is 23.0. The predicted molar refractivity (Wildman–Crippen MR) is 125 cm³/mol. The number of rotatable bonds is 8. The summed E-state index contributed by atoms with van der Waals surface area (Å²) >= 11 is 0.949. The van der Waals surface area contributed by atoms with E-state index in [-0.39, 0.29) is 23.6 Å². The van der Waals surface area contributed by atoms with Gasteiger partial charge in [0, 0.05) is 12.6 Å². The Labute approximate surface area is 197 Å². The SMILES string of the molecule is O=C(NC1CCCCC1)[C@H](c1ccc(F)cc1)N(CCc1ccccc1)C(=O)c1cnsn1. The molecule has 2 amide bonds. The van der Waals surface area contributed by atoms with Gasteiger partial charge in [-0.3, -0.25) is 9.59 Å². The van der Waals surface area contributed by atoms with Gasteiger partial charge in [-0.05, 0) is 42.5 Å². The van der Waals surface area contributed by atoms with Crippen molar-refractivity contribution in [1.29, 1.82) is 0 Å². The van der Waals surface area contributed by atoms with Crippen molar-refractivity contribution >= 4 is 23.5 Å². The summed E-state index contributed by atoms with van der Waals surface area (Å²) in [6, 6.07) is 14.8. The van der Waals surface area contributed by atoms with Gasteiger partial charge in [-0.15, -0.1) is 0 Å². The van der Waals surface area contributed by atoms with E-state index in [4.69, 9.17) is 0 Å². The molecule has 6 nitrogen and oxygen atoms in total. The van der Waals surface area contributed by atoms with E-state index < -0.39 is 11.9 Å². The Morgan fingerprint density at radius 1 is 1.06 bits per heavy atom. The maximum atomic E-state index is 13.7. The van der Waals surface area contributed by atoms with Gasteiger partial charge in [0.1, 0.15) is 11.9 Å². The highest BCUT2D eigenvalue weighted by molar-refractivity contribution is 6.99. The molecule has 0 aliphatic heterocycles. The molecule has 0 bridgehead atoms. The molecule has 1 atom stereocenters. The molecule has 33 heavy (non-hydrogen) atoms. The zero-order valence-corrected chi connectivity index (χ0v) is 19.1. The van der Waals surface area contributed by atoms with Crippen LogP contribution >= 0.6 is 11.7 Å². The van der Waals surface area contributed by atoms with Crippen molar-refractivity contribution in [1.82, 2.24) is 19.0 Å². The highest BCUT2D eigenvalue weighted by atomic mass is 32.1. The average Bonchev–Trinajstić information content (AvgIpc) is 3.38. The minimum atomic E-state index is -0.898. The second-order valence-corrected chi connectivity index (χ2v) is 8.88. The van der Waals surface area contributed by atoms with Crippen molar-refractivity contribution in [3.63, 3.8) is 0 Å². The highest BCUT2D eigenvalue weighted by Gasteiger charge is 2.34. The van der Waals surface area contributed by atoms with Crippen LogP contribution in [0.2, 0.25) is 0 Å². The van der Waals surface area contributed by atoms with Crippen LogP contribution < -0.4 is 5.32 Å². The first-order valence-corrected chi connectivity index (χ1v) is 12.0. The second-order valence-electron chi connectivity index (χ2n) is 8.32. The first-order valence-electron chi connectivity index (χ1n) is 11.3. The fourth-order valence-electron chi connectivity index (χ4n) is 4.29. The lowest BCUT2D eigenvalue weighted by atomic mass is 9.94. The van der Waals surface area contributed by atoms with Gasteiger partial charge in [-0.25, -0.2) is 4.39 Å². The van der Waals surface area contributed by atoms with Crippen molar-refractivity contribution in [2.24, 2.45) is 0 Å². The smallest absolute Gasteiger partial charge is 0.276 e. The first-order chi connectivity index (χ1) is 16.1. The van der Waals surface area contributed by atoms with Gasteiger partial charge >= 0.3 is 0 Å². The molecule has 2 aromatic carbocycles. The number of carbonyl (C=O) groups is 2. The Morgan fingerprint density at radius 2 is 1.79 bits per heavy atom. The van der Waals surface area contributed by atoms with Crippen LogP contribution in [-0.2, 0) is 11.2 Å². The Hall–Kier alpha value is -3.13. The summed E-state index contributed by atoms with van der Waals surface area (Å²) < 4.78 is 21.7. The van der Waals surface area contributed by atoms with E-state index in [0.717, 1.165) is 43.0 Å². The number of hydrogen-bond acceptors (Lipinski definition) is 5. The zero-order chi connectivity index (χ0) is 23.0. The van der Waals surface area contributed by atoms with Crippen molar-refractivity contribution in [3.05, 3.63) is 83.4 Å². The summed E-state index contributed by atoms with van der Waals surface area (Å²) in [4.78, 5) is 28.6. The van der Waals surface area contributed by atoms with Crippen LogP contribution in [-0.4, -0.2) is 38.0 Å². The van der Waals surface area contributed by atoms with Gasteiger partial charge < -0.3 is 10.2 Å². The lowest BCUT2D eigenvalue weighted by molar-refractivity contribution is -0.126. The Morgan fingerprint density at radius 3 is 2.45 bits per heavy atom. The molecule has 1 heterocycles. The van der Waals surface area contributed by atoms with Crippen LogP contribution in [0.1, 0.15) is 59.8 Å². The third kappa shape index (κ3) is 6.01. The van der Waals surface area contributed by atoms with Crippen molar-refractivity contribution in [3.8, 4) is 0 Å². The van der Waals surface area contributed by atoms with Gasteiger partial charge in [0.2, 0.25) is 5.91 Å². The van der Waals surface area contributed by atoms with Gasteiger partial charge in [0.15, 0.2) is 5.69 Å². The Balaban J connectivity index is 1.66. The summed E-state index contributed by atoms with van der Waals surface area (Å²) in [7, 11) is 0. The molecule has 1 aliphatic rings. The van der Waals surface area contributed by atoms with Crippen LogP contribution in [0.15, 0.2) is 60.8 Å². The van der Waals surface area contributed by atoms with E-state index in [9.17, 15) is 14.0 Å². The third-order valence-corrected chi connectivity index (χ3v) is 6.50. The van der Waals surface area contributed by atoms with Crippen LogP contribution in [0.4, 0.5) is 4.39 Å². The Bertz CT molecular complexity index is 1040. The number of hydrogen-bond donors (Lipinski definition) is 1. The maximum Gasteiger partial charge on any atom is 0.276 e. The second kappa shape index (κ2) is 11.1. The molecule has 1 aliphatic carbocycles. The molecule has 172 valence electrons. The highest BCUT2D eigenvalue weighted by Crippen LogP contribution is 2.26. The molecule has 0 radical (unpaired) electrons. The minimum Gasteiger partial charge on any atom is -0.351 e. The summed E-state index contributed by atoms with van der Waals surface area (Å²) in [5, 5.41) is 3.15. The van der Waals surface area contributed by atoms with Crippen molar-refractivity contribution in [2.45, 2.75) is 50.6 Å². The minimum absolute atomic E-state index is 0.0845. The largest absolute Gasteiger partial charge is 0.351 e. The molecule has 0 unspecified atom stereocenters. The number of carbonyl (C=O) groups excluding carboxylic acids is 2. The summed E-state index contributed by atoms with van der Waals surface area (Å²) in [6.07, 6.45) is 7.17. The van der Waals surface area contributed by atoms with E-state index in [0.29, 0.717) is 18.5 Å². The van der Waals surface area contributed by atoms with Crippen LogP contribution in [0.5, 0.6) is 0 Å². The summed E-state index contributed by atoms with van der Waals surface area (Å²) in [5.41, 5.74) is 1.82. The van der Waals surface area contributed by atoms with Gasteiger partial charge in [-0.2, -0.15) is 8.75 Å². The lowest BCUT2D eigenvalue weighted by Gasteiger charge is -2.33. The van der Waals surface area contributed by atoms with E-state index in [2.05, 4.69) is 14.1 Å². The molecule has 8 heteroatoms. The summed E-state index contributed by atoms with van der Waals surface area (Å²) in [5.74, 6) is -1.01. The molecule has 0 saturated heterocycles. The lowest BCUT2D eigenvalue weighted by Crippen LogP contribution is -2.47. The molecular weight excluding hydrogens is 439 g/mol. The van der Waals surface area contributed by atoms with Gasteiger partial charge in [0.05, 0.1) is 17.9 Å². The fraction of sp³-hybridized carbons (Fsp3) is 0.360. The van der Waals surface area contributed by atoms with E-state index in [1.165, 1.54) is 29.7 Å². The van der Waals surface area contributed by atoms with E-state index >= 15 is 0 Å². The molecule has 3 aromatic rings. The van der Waals surface area contributed by atoms with Crippen molar-refractivity contribution < 1.29 is 14.0 Å². The maximum absolute atomic E-state index is 13.7. The van der Waals surface area contributed by atoms with E-state index in [1.54, 1.807) is 12.1 Å². The number of benzene rings is 2. The molecule has 1 saturated carbocycles. The van der Waals surface area contributed by atoms with Gasteiger partial charge in [0.25, 0.3) is 5.91 Å². The molecule has 0 spiro atoms. The average molecular weight is 467 g/mol. The molecular formula is C25H27FN4O2S.